The number of halogens is 1. The maximum absolute atomic E-state index is 13.0. The maximum Gasteiger partial charge on any atom is 0.123 e. The van der Waals surface area contributed by atoms with Gasteiger partial charge in [0.2, 0.25) is 0 Å². The fraction of sp³-hybridized carbons (Fsp3) is 0.647. The predicted molar refractivity (Wildman–Crippen MR) is 85.7 cm³/mol. The van der Waals surface area contributed by atoms with Gasteiger partial charge in [0.25, 0.3) is 0 Å². The van der Waals surface area contributed by atoms with Gasteiger partial charge in [-0.1, -0.05) is 20.8 Å². The molecule has 0 aliphatic heterocycles. The van der Waals surface area contributed by atoms with Gasteiger partial charge in [0.1, 0.15) is 5.82 Å². The third-order valence-electron chi connectivity index (χ3n) is 4.49. The number of thioether (sulfide) groups is 1. The van der Waals surface area contributed by atoms with E-state index in [4.69, 9.17) is 0 Å². The van der Waals surface area contributed by atoms with Gasteiger partial charge in [-0.2, -0.15) is 0 Å². The minimum absolute atomic E-state index is 0.157. The second-order valence-electron chi connectivity index (χ2n) is 6.88. The largest absolute Gasteiger partial charge is 0.316 e. The zero-order valence-corrected chi connectivity index (χ0v) is 13.8. The Morgan fingerprint density at radius 3 is 2.35 bits per heavy atom. The molecule has 3 unspecified atom stereocenters. The molecule has 1 fully saturated rings. The van der Waals surface area contributed by atoms with Crippen LogP contribution in [-0.4, -0.2) is 18.3 Å². The van der Waals surface area contributed by atoms with Crippen LogP contribution in [0.1, 0.15) is 40.0 Å². The Hall–Kier alpha value is -0.540. The minimum atomic E-state index is -0.157. The molecule has 112 valence electrons. The molecule has 3 atom stereocenters. The Morgan fingerprint density at radius 1 is 1.15 bits per heavy atom. The standard InChI is InChI=1S/C17H26FNS/c1-17(2,3)12-5-10-15(19-4)16(11-12)20-14-8-6-13(18)7-9-14/h6-9,12,15-16,19H,5,10-11H2,1-4H3. The zero-order valence-electron chi connectivity index (χ0n) is 12.9. The van der Waals surface area contributed by atoms with Crippen molar-refractivity contribution in [3.63, 3.8) is 0 Å². The summed E-state index contributed by atoms with van der Waals surface area (Å²) in [5, 5.41) is 4.04. The Balaban J connectivity index is 2.07. The van der Waals surface area contributed by atoms with Crippen LogP contribution < -0.4 is 5.32 Å². The van der Waals surface area contributed by atoms with Gasteiger partial charge in [0.05, 0.1) is 0 Å². The number of hydrogen-bond acceptors (Lipinski definition) is 2. The molecule has 1 N–H and O–H groups in total. The monoisotopic (exact) mass is 295 g/mol. The molecule has 0 heterocycles. The Kier molecular flexibility index (Phi) is 5.14. The van der Waals surface area contributed by atoms with E-state index in [-0.39, 0.29) is 5.82 Å². The smallest absolute Gasteiger partial charge is 0.123 e. The predicted octanol–water partition coefficient (Wildman–Crippen LogP) is 4.72. The first-order valence-corrected chi connectivity index (χ1v) is 8.37. The summed E-state index contributed by atoms with van der Waals surface area (Å²) in [7, 11) is 2.06. The zero-order chi connectivity index (χ0) is 14.8. The first-order valence-electron chi connectivity index (χ1n) is 7.49. The van der Waals surface area contributed by atoms with Crippen LogP contribution in [0.4, 0.5) is 4.39 Å². The van der Waals surface area contributed by atoms with Crippen LogP contribution in [0, 0.1) is 17.2 Å². The highest BCUT2D eigenvalue weighted by atomic mass is 32.2. The number of rotatable bonds is 3. The third-order valence-corrected chi connectivity index (χ3v) is 5.86. The molecule has 1 aliphatic carbocycles. The van der Waals surface area contributed by atoms with Crippen molar-refractivity contribution >= 4 is 11.8 Å². The summed E-state index contributed by atoms with van der Waals surface area (Å²) in [4.78, 5) is 1.17. The molecule has 1 nitrogen and oxygen atoms in total. The SMILES string of the molecule is CNC1CCC(C(C)(C)C)CC1Sc1ccc(F)cc1. The molecule has 0 bridgehead atoms. The molecule has 0 saturated heterocycles. The van der Waals surface area contributed by atoms with Crippen molar-refractivity contribution in [3.8, 4) is 0 Å². The third kappa shape index (κ3) is 3.98. The summed E-state index contributed by atoms with van der Waals surface area (Å²) in [5.74, 6) is 0.612. The normalized spacial score (nSPS) is 27.6. The van der Waals surface area contributed by atoms with E-state index in [0.29, 0.717) is 16.7 Å². The maximum atomic E-state index is 13.0. The quantitative estimate of drug-likeness (QED) is 0.866. The lowest BCUT2D eigenvalue weighted by Gasteiger charge is -2.41. The lowest BCUT2D eigenvalue weighted by molar-refractivity contribution is 0.167. The van der Waals surface area contributed by atoms with Crippen molar-refractivity contribution in [1.29, 1.82) is 0 Å². The summed E-state index contributed by atoms with van der Waals surface area (Å²) >= 11 is 1.90. The minimum Gasteiger partial charge on any atom is -0.316 e. The van der Waals surface area contributed by atoms with E-state index < -0.39 is 0 Å². The van der Waals surface area contributed by atoms with Crippen molar-refractivity contribution in [2.24, 2.45) is 11.3 Å². The molecule has 20 heavy (non-hydrogen) atoms. The average Bonchev–Trinajstić information content (AvgIpc) is 2.40. The molecule has 1 aliphatic rings. The van der Waals surface area contributed by atoms with Crippen LogP contribution in [0.25, 0.3) is 0 Å². The van der Waals surface area contributed by atoms with Gasteiger partial charge in [-0.25, -0.2) is 4.39 Å². The van der Waals surface area contributed by atoms with E-state index in [1.165, 1.54) is 24.2 Å². The van der Waals surface area contributed by atoms with Crippen molar-refractivity contribution in [1.82, 2.24) is 5.32 Å². The second kappa shape index (κ2) is 6.48. The van der Waals surface area contributed by atoms with Gasteiger partial charge >= 0.3 is 0 Å². The van der Waals surface area contributed by atoms with Crippen LogP contribution in [-0.2, 0) is 0 Å². The molecule has 1 saturated carbocycles. The van der Waals surface area contributed by atoms with Crippen molar-refractivity contribution in [2.75, 3.05) is 7.05 Å². The van der Waals surface area contributed by atoms with Crippen LogP contribution in [0.15, 0.2) is 29.2 Å². The summed E-state index contributed by atoms with van der Waals surface area (Å²) in [6, 6.07) is 7.46. The Bertz CT molecular complexity index is 424. The Morgan fingerprint density at radius 2 is 1.80 bits per heavy atom. The van der Waals surface area contributed by atoms with E-state index in [1.807, 2.05) is 23.9 Å². The van der Waals surface area contributed by atoms with Crippen LogP contribution in [0.3, 0.4) is 0 Å². The molecule has 0 aromatic heterocycles. The highest BCUT2D eigenvalue weighted by Crippen LogP contribution is 2.43. The molecule has 2 rings (SSSR count). The molecule has 0 amide bonds. The van der Waals surface area contributed by atoms with Gasteiger partial charge in [-0.05, 0) is 61.9 Å². The van der Waals surface area contributed by atoms with Gasteiger partial charge in [0.15, 0.2) is 0 Å². The van der Waals surface area contributed by atoms with Crippen LogP contribution in [0.5, 0.6) is 0 Å². The number of nitrogens with one attached hydrogen (secondary N) is 1. The average molecular weight is 295 g/mol. The van der Waals surface area contributed by atoms with Gasteiger partial charge in [-0.15, -0.1) is 11.8 Å². The fourth-order valence-corrected chi connectivity index (χ4v) is 4.47. The van der Waals surface area contributed by atoms with Crippen LogP contribution in [0.2, 0.25) is 0 Å². The summed E-state index contributed by atoms with van der Waals surface area (Å²) in [6.45, 7) is 7.03. The number of benzene rings is 1. The van der Waals surface area contributed by atoms with Crippen molar-refractivity contribution in [3.05, 3.63) is 30.1 Å². The lowest BCUT2D eigenvalue weighted by Crippen LogP contribution is -2.43. The fourth-order valence-electron chi connectivity index (χ4n) is 3.06. The second-order valence-corrected chi connectivity index (χ2v) is 8.19. The Labute approximate surface area is 126 Å². The van der Waals surface area contributed by atoms with E-state index in [9.17, 15) is 4.39 Å². The first kappa shape index (κ1) is 15.8. The van der Waals surface area contributed by atoms with E-state index in [0.717, 1.165) is 5.92 Å². The topological polar surface area (TPSA) is 12.0 Å². The van der Waals surface area contributed by atoms with E-state index >= 15 is 0 Å². The van der Waals surface area contributed by atoms with Gasteiger partial charge in [0, 0.05) is 16.2 Å². The molecular formula is C17H26FNS. The number of hydrogen-bond donors (Lipinski definition) is 1. The summed E-state index contributed by atoms with van der Waals surface area (Å²) in [5.41, 5.74) is 0.375. The van der Waals surface area contributed by atoms with Gasteiger partial charge < -0.3 is 5.32 Å². The molecular weight excluding hydrogens is 269 g/mol. The lowest BCUT2D eigenvalue weighted by atomic mass is 9.71. The molecule has 1 aromatic carbocycles. The molecule has 0 radical (unpaired) electrons. The highest BCUT2D eigenvalue weighted by Gasteiger charge is 2.35. The van der Waals surface area contributed by atoms with Gasteiger partial charge in [-0.3, -0.25) is 0 Å². The molecule has 3 heteroatoms. The first-order chi connectivity index (χ1) is 9.40. The summed E-state index contributed by atoms with van der Waals surface area (Å²) < 4.78 is 13.0. The van der Waals surface area contributed by atoms with E-state index in [1.54, 1.807) is 12.1 Å². The van der Waals surface area contributed by atoms with Crippen molar-refractivity contribution in [2.45, 2.75) is 56.2 Å². The molecule has 1 aromatic rings. The molecule has 0 spiro atoms. The van der Waals surface area contributed by atoms with Crippen LogP contribution >= 0.6 is 11.8 Å². The summed E-state index contributed by atoms with van der Waals surface area (Å²) in [6.07, 6.45) is 3.77. The van der Waals surface area contributed by atoms with E-state index in [2.05, 4.69) is 33.1 Å². The van der Waals surface area contributed by atoms with Crippen molar-refractivity contribution < 1.29 is 4.39 Å². The highest BCUT2D eigenvalue weighted by molar-refractivity contribution is 8.00.